The van der Waals surface area contributed by atoms with Gasteiger partial charge in [0.1, 0.15) is 5.15 Å². The summed E-state index contributed by atoms with van der Waals surface area (Å²) in [6.07, 6.45) is 1.31. The van der Waals surface area contributed by atoms with Crippen LogP contribution in [0.25, 0.3) is 0 Å². The molecule has 4 nitrogen and oxygen atoms in total. The van der Waals surface area contributed by atoms with Crippen LogP contribution in [0.5, 0.6) is 0 Å². The number of hydrogen-bond donors (Lipinski definition) is 0. The number of carbonyl (C=O) groups excluding carboxylic acids is 2. The summed E-state index contributed by atoms with van der Waals surface area (Å²) in [5.74, 6) is -0.857. The van der Waals surface area contributed by atoms with Gasteiger partial charge in [0.25, 0.3) is 0 Å². The average molecular weight is 402 g/mol. The second-order valence-electron chi connectivity index (χ2n) is 3.88. The SMILES string of the molecule is O=C(COC(=O)c1ccc(Cl)nc1)c1ccc(I)cc1. The van der Waals surface area contributed by atoms with Gasteiger partial charge in [0, 0.05) is 15.3 Å². The molecule has 0 saturated carbocycles. The van der Waals surface area contributed by atoms with Crippen molar-refractivity contribution in [1.82, 2.24) is 4.98 Å². The highest BCUT2D eigenvalue weighted by Gasteiger charge is 2.12. The van der Waals surface area contributed by atoms with Gasteiger partial charge < -0.3 is 4.74 Å². The summed E-state index contributed by atoms with van der Waals surface area (Å²) in [5.41, 5.74) is 0.761. The van der Waals surface area contributed by atoms with E-state index in [2.05, 4.69) is 27.6 Å². The third-order valence-corrected chi connectivity index (χ3v) is 3.41. The Kier molecular flexibility index (Phi) is 5.08. The lowest BCUT2D eigenvalue weighted by molar-refractivity contribution is 0.0474. The number of rotatable bonds is 4. The van der Waals surface area contributed by atoms with Gasteiger partial charge in [-0.25, -0.2) is 9.78 Å². The van der Waals surface area contributed by atoms with Gasteiger partial charge in [0.15, 0.2) is 12.4 Å². The molecule has 102 valence electrons. The molecule has 2 aromatic rings. The summed E-state index contributed by atoms with van der Waals surface area (Å²) < 4.78 is 5.97. The number of hydrogen-bond acceptors (Lipinski definition) is 4. The van der Waals surface area contributed by atoms with E-state index < -0.39 is 5.97 Å². The smallest absolute Gasteiger partial charge is 0.340 e. The van der Waals surface area contributed by atoms with E-state index in [4.69, 9.17) is 16.3 Å². The van der Waals surface area contributed by atoms with Crippen LogP contribution < -0.4 is 0 Å². The van der Waals surface area contributed by atoms with Crippen LogP contribution in [0.1, 0.15) is 20.7 Å². The van der Waals surface area contributed by atoms with Crippen molar-refractivity contribution in [3.05, 3.63) is 62.4 Å². The van der Waals surface area contributed by atoms with E-state index in [9.17, 15) is 9.59 Å². The van der Waals surface area contributed by atoms with Crippen LogP contribution in [0.2, 0.25) is 5.15 Å². The molecule has 0 bridgehead atoms. The molecule has 1 aromatic carbocycles. The Hall–Kier alpha value is -1.47. The topological polar surface area (TPSA) is 56.3 Å². The normalized spacial score (nSPS) is 10.1. The molecule has 0 aliphatic carbocycles. The number of benzene rings is 1. The van der Waals surface area contributed by atoms with E-state index in [1.807, 2.05) is 12.1 Å². The lowest BCUT2D eigenvalue weighted by Crippen LogP contribution is -2.14. The number of carbonyl (C=O) groups is 2. The van der Waals surface area contributed by atoms with E-state index in [0.717, 1.165) is 3.57 Å². The first-order valence-corrected chi connectivity index (χ1v) is 7.09. The Morgan fingerprint density at radius 1 is 1.10 bits per heavy atom. The summed E-state index contributed by atoms with van der Waals surface area (Å²) in [7, 11) is 0. The minimum absolute atomic E-state index is 0.253. The second kappa shape index (κ2) is 6.81. The predicted octanol–water partition coefficient (Wildman–Crippen LogP) is 3.38. The highest BCUT2D eigenvalue weighted by Crippen LogP contribution is 2.09. The Balaban J connectivity index is 1.94. The van der Waals surface area contributed by atoms with Gasteiger partial charge in [-0.05, 0) is 46.9 Å². The quantitative estimate of drug-likeness (QED) is 0.341. The largest absolute Gasteiger partial charge is 0.454 e. The minimum Gasteiger partial charge on any atom is -0.454 e. The Morgan fingerprint density at radius 2 is 1.75 bits per heavy atom. The molecule has 0 saturated heterocycles. The average Bonchev–Trinajstić information content (AvgIpc) is 2.46. The number of ether oxygens (including phenoxy) is 1. The van der Waals surface area contributed by atoms with Crippen LogP contribution in [-0.2, 0) is 4.74 Å². The molecule has 0 N–H and O–H groups in total. The fraction of sp³-hybridized carbons (Fsp3) is 0.0714. The Labute approximate surface area is 134 Å². The number of ketones is 1. The zero-order valence-electron chi connectivity index (χ0n) is 10.2. The van der Waals surface area contributed by atoms with Gasteiger partial charge >= 0.3 is 5.97 Å². The standard InChI is InChI=1S/C14H9ClINO3/c15-13-6-3-10(7-17-13)14(19)20-8-12(18)9-1-4-11(16)5-2-9/h1-7H,8H2. The predicted molar refractivity (Wildman–Crippen MR) is 83.0 cm³/mol. The fourth-order valence-electron chi connectivity index (χ4n) is 1.43. The van der Waals surface area contributed by atoms with Crippen molar-refractivity contribution < 1.29 is 14.3 Å². The van der Waals surface area contributed by atoms with Gasteiger partial charge in [-0.3, -0.25) is 4.79 Å². The zero-order chi connectivity index (χ0) is 14.5. The lowest BCUT2D eigenvalue weighted by Gasteiger charge is -2.04. The van der Waals surface area contributed by atoms with Crippen molar-refractivity contribution in [2.45, 2.75) is 0 Å². The molecule has 0 aliphatic heterocycles. The maximum Gasteiger partial charge on any atom is 0.340 e. The fourth-order valence-corrected chi connectivity index (χ4v) is 1.90. The summed E-state index contributed by atoms with van der Waals surface area (Å²) >= 11 is 7.77. The van der Waals surface area contributed by atoms with Crippen LogP contribution in [0.3, 0.4) is 0 Å². The van der Waals surface area contributed by atoms with Crippen LogP contribution in [-0.4, -0.2) is 23.3 Å². The molecule has 6 heteroatoms. The molecule has 0 atom stereocenters. The number of halogens is 2. The zero-order valence-corrected chi connectivity index (χ0v) is 13.1. The van der Waals surface area contributed by atoms with Crippen LogP contribution in [0.15, 0.2) is 42.6 Å². The molecule has 1 heterocycles. The molecule has 0 aliphatic rings. The molecule has 20 heavy (non-hydrogen) atoms. The molecule has 0 unspecified atom stereocenters. The third-order valence-electron chi connectivity index (χ3n) is 2.46. The van der Waals surface area contributed by atoms with Crippen molar-refractivity contribution in [3.8, 4) is 0 Å². The van der Waals surface area contributed by atoms with E-state index in [1.165, 1.54) is 18.3 Å². The third kappa shape index (κ3) is 4.01. The van der Waals surface area contributed by atoms with Gasteiger partial charge in [-0.15, -0.1) is 0 Å². The molecular weight excluding hydrogens is 393 g/mol. The first-order valence-electron chi connectivity index (χ1n) is 5.64. The Morgan fingerprint density at radius 3 is 2.35 bits per heavy atom. The van der Waals surface area contributed by atoms with Crippen molar-refractivity contribution in [3.63, 3.8) is 0 Å². The van der Waals surface area contributed by atoms with Crippen molar-refractivity contribution in [1.29, 1.82) is 0 Å². The monoisotopic (exact) mass is 401 g/mol. The molecule has 0 amide bonds. The Bertz CT molecular complexity index is 568. The molecule has 0 spiro atoms. The minimum atomic E-state index is -0.604. The summed E-state index contributed by atoms with van der Waals surface area (Å²) in [4.78, 5) is 27.3. The number of esters is 1. The first kappa shape index (κ1) is 14.9. The molecular formula is C14H9ClINO3. The first-order chi connectivity index (χ1) is 9.56. The van der Waals surface area contributed by atoms with Gasteiger partial charge in [-0.2, -0.15) is 0 Å². The number of pyridine rings is 1. The van der Waals surface area contributed by atoms with Crippen LogP contribution in [0, 0.1) is 3.57 Å². The van der Waals surface area contributed by atoms with E-state index >= 15 is 0 Å². The van der Waals surface area contributed by atoms with E-state index in [0.29, 0.717) is 5.56 Å². The van der Waals surface area contributed by atoms with Gasteiger partial charge in [0.05, 0.1) is 5.56 Å². The maximum atomic E-state index is 11.8. The summed E-state index contributed by atoms with van der Waals surface area (Å²) in [5, 5.41) is 0.288. The lowest BCUT2D eigenvalue weighted by atomic mass is 10.1. The molecule has 1 aromatic heterocycles. The van der Waals surface area contributed by atoms with E-state index in [-0.39, 0.29) is 23.1 Å². The highest BCUT2D eigenvalue weighted by molar-refractivity contribution is 14.1. The highest BCUT2D eigenvalue weighted by atomic mass is 127. The van der Waals surface area contributed by atoms with Crippen LogP contribution >= 0.6 is 34.2 Å². The number of Topliss-reactive ketones (excluding diaryl/α,β-unsaturated/α-hetero) is 1. The van der Waals surface area contributed by atoms with Gasteiger partial charge in [-0.1, -0.05) is 23.7 Å². The van der Waals surface area contributed by atoms with Crippen molar-refractivity contribution in [2.75, 3.05) is 6.61 Å². The van der Waals surface area contributed by atoms with Crippen LogP contribution in [0.4, 0.5) is 0 Å². The number of nitrogens with zero attached hydrogens (tertiary/aromatic N) is 1. The van der Waals surface area contributed by atoms with Gasteiger partial charge in [0.2, 0.25) is 0 Å². The van der Waals surface area contributed by atoms with E-state index in [1.54, 1.807) is 12.1 Å². The van der Waals surface area contributed by atoms with Crippen molar-refractivity contribution >= 4 is 45.9 Å². The molecule has 2 rings (SSSR count). The molecule has 0 radical (unpaired) electrons. The molecule has 0 fully saturated rings. The number of aromatic nitrogens is 1. The summed E-state index contributed by atoms with van der Waals surface area (Å²) in [6, 6.07) is 10.0. The second-order valence-corrected chi connectivity index (χ2v) is 5.51. The summed E-state index contributed by atoms with van der Waals surface area (Å²) in [6.45, 7) is -0.304. The maximum absolute atomic E-state index is 11.8. The van der Waals surface area contributed by atoms with Crippen molar-refractivity contribution in [2.24, 2.45) is 0 Å².